The van der Waals surface area contributed by atoms with Crippen LogP contribution in [0.2, 0.25) is 0 Å². The molecule has 1 aromatic rings. The minimum atomic E-state index is -4.07. The van der Waals surface area contributed by atoms with E-state index in [-0.39, 0.29) is 6.42 Å². The first-order valence-electron chi connectivity index (χ1n) is 8.54. The van der Waals surface area contributed by atoms with Gasteiger partial charge in [0, 0.05) is 58.8 Å². The Morgan fingerprint density at radius 1 is 1.28 bits per heavy atom. The maximum atomic E-state index is 12.1. The summed E-state index contributed by atoms with van der Waals surface area (Å²) in [4.78, 5) is 8.66. The first kappa shape index (κ1) is 19.6. The molecule has 0 bridgehead atoms. The summed E-state index contributed by atoms with van der Waals surface area (Å²) in [5.41, 5.74) is 0.929. The quantitative estimate of drug-likeness (QED) is 0.479. The molecule has 0 aromatic carbocycles. The van der Waals surface area contributed by atoms with Crippen LogP contribution in [0.25, 0.3) is 0 Å². The van der Waals surface area contributed by atoms with E-state index in [1.807, 2.05) is 13.0 Å². The van der Waals surface area contributed by atoms with Crippen molar-refractivity contribution < 1.29 is 17.7 Å². The van der Waals surface area contributed by atoms with E-state index in [1.165, 1.54) is 0 Å². The standard InChI is InChI=1S/C16H26F3N5O/c1-13-11-14(22-25-13)12-23-7-9-24(10-8-23)15(20-2)21-6-4-3-5-16(17,18)19/h11H,3-10,12H2,1-2H3,(H,20,21). The Hall–Kier alpha value is -1.77. The van der Waals surface area contributed by atoms with E-state index in [0.29, 0.717) is 13.0 Å². The van der Waals surface area contributed by atoms with Crippen molar-refractivity contribution >= 4 is 5.96 Å². The summed E-state index contributed by atoms with van der Waals surface area (Å²) in [5.74, 6) is 1.56. The minimum Gasteiger partial charge on any atom is -0.361 e. The molecule has 25 heavy (non-hydrogen) atoms. The molecule has 6 nitrogen and oxygen atoms in total. The zero-order valence-electron chi connectivity index (χ0n) is 14.8. The van der Waals surface area contributed by atoms with Gasteiger partial charge in [-0.25, -0.2) is 0 Å². The van der Waals surface area contributed by atoms with Crippen LogP contribution in [0.4, 0.5) is 13.2 Å². The molecule has 0 unspecified atom stereocenters. The van der Waals surface area contributed by atoms with E-state index in [1.54, 1.807) is 7.05 Å². The van der Waals surface area contributed by atoms with Crippen LogP contribution in [0.5, 0.6) is 0 Å². The van der Waals surface area contributed by atoms with Gasteiger partial charge in [0.2, 0.25) is 0 Å². The Morgan fingerprint density at radius 3 is 2.56 bits per heavy atom. The van der Waals surface area contributed by atoms with Crippen LogP contribution in [0.1, 0.15) is 30.7 Å². The predicted molar refractivity (Wildman–Crippen MR) is 89.4 cm³/mol. The highest BCUT2D eigenvalue weighted by atomic mass is 19.4. The molecule has 0 saturated carbocycles. The van der Waals surface area contributed by atoms with Gasteiger partial charge in [0.1, 0.15) is 5.76 Å². The van der Waals surface area contributed by atoms with Crippen LogP contribution in [0.15, 0.2) is 15.6 Å². The number of aryl methyl sites for hydroxylation is 1. The van der Waals surface area contributed by atoms with E-state index in [9.17, 15) is 13.2 Å². The second-order valence-corrected chi connectivity index (χ2v) is 6.24. The highest BCUT2D eigenvalue weighted by Crippen LogP contribution is 2.21. The van der Waals surface area contributed by atoms with Crippen LogP contribution in [0.3, 0.4) is 0 Å². The molecule has 1 aliphatic heterocycles. The number of alkyl halides is 3. The normalized spacial score (nSPS) is 17.2. The second kappa shape index (κ2) is 9.07. The van der Waals surface area contributed by atoms with Gasteiger partial charge in [0.05, 0.1) is 5.69 Å². The van der Waals surface area contributed by atoms with Gasteiger partial charge >= 0.3 is 6.18 Å². The number of piperazine rings is 1. The fourth-order valence-electron chi connectivity index (χ4n) is 2.82. The van der Waals surface area contributed by atoms with Crippen LogP contribution in [-0.4, -0.2) is 66.9 Å². The molecule has 0 spiro atoms. The van der Waals surface area contributed by atoms with Crippen molar-refractivity contribution in [2.45, 2.75) is 38.9 Å². The lowest BCUT2D eigenvalue weighted by Gasteiger charge is -2.36. The molecule has 0 radical (unpaired) electrons. The zero-order chi connectivity index (χ0) is 18.3. The number of halogens is 3. The van der Waals surface area contributed by atoms with E-state index in [0.717, 1.165) is 50.1 Å². The highest BCUT2D eigenvalue weighted by Gasteiger charge is 2.26. The second-order valence-electron chi connectivity index (χ2n) is 6.24. The number of unbranched alkanes of at least 4 members (excludes halogenated alkanes) is 1. The van der Waals surface area contributed by atoms with E-state index >= 15 is 0 Å². The van der Waals surface area contributed by atoms with Crippen LogP contribution in [0, 0.1) is 6.92 Å². The molecule has 0 amide bonds. The zero-order valence-corrected chi connectivity index (χ0v) is 14.8. The molecule has 1 N–H and O–H groups in total. The number of rotatable bonds is 6. The Balaban J connectivity index is 1.67. The molecule has 0 atom stereocenters. The molecule has 1 aromatic heterocycles. The topological polar surface area (TPSA) is 56.9 Å². The van der Waals surface area contributed by atoms with Gasteiger partial charge in [0.25, 0.3) is 0 Å². The average Bonchev–Trinajstić information content (AvgIpc) is 2.96. The summed E-state index contributed by atoms with van der Waals surface area (Å²) in [6.07, 6.45) is -4.18. The Kier molecular flexibility index (Phi) is 7.10. The first-order chi connectivity index (χ1) is 11.9. The number of hydrogen-bond acceptors (Lipinski definition) is 4. The van der Waals surface area contributed by atoms with Crippen molar-refractivity contribution in [3.63, 3.8) is 0 Å². The molecule has 1 aliphatic rings. The van der Waals surface area contributed by atoms with Crippen molar-refractivity contribution in [1.82, 2.24) is 20.3 Å². The number of aliphatic imine (C=N–C) groups is 1. The van der Waals surface area contributed by atoms with Crippen molar-refractivity contribution in [2.24, 2.45) is 4.99 Å². The van der Waals surface area contributed by atoms with Crippen molar-refractivity contribution in [3.8, 4) is 0 Å². The maximum absolute atomic E-state index is 12.1. The molecule has 1 fully saturated rings. The molecule has 2 rings (SSSR count). The number of hydrogen-bond donors (Lipinski definition) is 1. The lowest BCUT2D eigenvalue weighted by molar-refractivity contribution is -0.135. The van der Waals surface area contributed by atoms with E-state index in [4.69, 9.17) is 4.52 Å². The average molecular weight is 361 g/mol. The van der Waals surface area contributed by atoms with Gasteiger partial charge in [-0.1, -0.05) is 5.16 Å². The van der Waals surface area contributed by atoms with Gasteiger partial charge in [-0.2, -0.15) is 13.2 Å². The fourth-order valence-corrected chi connectivity index (χ4v) is 2.82. The van der Waals surface area contributed by atoms with Gasteiger partial charge < -0.3 is 14.7 Å². The van der Waals surface area contributed by atoms with Gasteiger partial charge in [-0.15, -0.1) is 0 Å². The van der Waals surface area contributed by atoms with Crippen LogP contribution < -0.4 is 5.32 Å². The van der Waals surface area contributed by atoms with Crippen molar-refractivity contribution in [1.29, 1.82) is 0 Å². The van der Waals surface area contributed by atoms with Gasteiger partial charge in [-0.3, -0.25) is 9.89 Å². The Labute approximate surface area is 146 Å². The molecule has 0 aliphatic carbocycles. The largest absolute Gasteiger partial charge is 0.389 e. The number of aromatic nitrogens is 1. The summed E-state index contributed by atoms with van der Waals surface area (Å²) in [7, 11) is 1.70. The Bertz CT molecular complexity index is 550. The highest BCUT2D eigenvalue weighted by molar-refractivity contribution is 5.79. The minimum absolute atomic E-state index is 0.137. The van der Waals surface area contributed by atoms with E-state index in [2.05, 4.69) is 25.3 Å². The lowest BCUT2D eigenvalue weighted by Crippen LogP contribution is -2.52. The fraction of sp³-hybridized carbons (Fsp3) is 0.750. The third kappa shape index (κ3) is 6.93. The molecule has 1 saturated heterocycles. The summed E-state index contributed by atoms with van der Waals surface area (Å²) < 4.78 is 41.5. The summed E-state index contributed by atoms with van der Waals surface area (Å²) in [6.45, 7) is 6.52. The summed E-state index contributed by atoms with van der Waals surface area (Å²) in [6, 6.07) is 1.94. The predicted octanol–water partition coefficient (Wildman–Crippen LogP) is 2.41. The van der Waals surface area contributed by atoms with Gasteiger partial charge in [0.15, 0.2) is 5.96 Å². The summed E-state index contributed by atoms with van der Waals surface area (Å²) >= 11 is 0. The number of guanidine groups is 1. The lowest BCUT2D eigenvalue weighted by atomic mass is 10.2. The Morgan fingerprint density at radius 2 is 2.00 bits per heavy atom. The molecule has 142 valence electrons. The van der Waals surface area contributed by atoms with Crippen molar-refractivity contribution in [2.75, 3.05) is 39.8 Å². The molecule has 9 heteroatoms. The first-order valence-corrected chi connectivity index (χ1v) is 8.54. The van der Waals surface area contributed by atoms with Crippen LogP contribution in [-0.2, 0) is 6.54 Å². The number of nitrogens with zero attached hydrogens (tertiary/aromatic N) is 4. The molecular weight excluding hydrogens is 335 g/mol. The summed E-state index contributed by atoms with van der Waals surface area (Å²) in [5, 5.41) is 7.16. The molecule has 2 heterocycles. The SMILES string of the molecule is CN=C(NCCCCC(F)(F)F)N1CCN(Cc2cc(C)on2)CC1. The third-order valence-electron chi connectivity index (χ3n) is 4.12. The smallest absolute Gasteiger partial charge is 0.361 e. The maximum Gasteiger partial charge on any atom is 0.389 e. The van der Waals surface area contributed by atoms with Gasteiger partial charge in [-0.05, 0) is 19.8 Å². The third-order valence-corrected chi connectivity index (χ3v) is 4.12. The van der Waals surface area contributed by atoms with Crippen LogP contribution >= 0.6 is 0 Å². The molecular formula is C16H26F3N5O. The van der Waals surface area contributed by atoms with E-state index < -0.39 is 12.6 Å². The van der Waals surface area contributed by atoms with Crippen molar-refractivity contribution in [3.05, 3.63) is 17.5 Å². The number of nitrogens with one attached hydrogen (secondary N) is 1. The monoisotopic (exact) mass is 361 g/mol.